The number of carbonyl (C=O) groups excluding carboxylic acids is 1. The van der Waals surface area contributed by atoms with Crippen LogP contribution in [0.2, 0.25) is 0 Å². The summed E-state index contributed by atoms with van der Waals surface area (Å²) >= 11 is 1.18. The first-order chi connectivity index (χ1) is 13.8. The van der Waals surface area contributed by atoms with Crippen LogP contribution in [0.15, 0.2) is 6.08 Å². The molecule has 0 radical (unpaired) electrons. The standard InChI is InChI=1S/C21H37N4O3S/c1-5-6-7-8-12-27-20-19(23-29-24-20)17-10-9-11-25(4,14-17)15-28-21(26)18(22)13-16(2)3/h10,16,18H,5-9,11-15,22H2,1-4H3/q+1/t18-,25?/m0/s1. The van der Waals surface area contributed by atoms with Crippen LogP contribution < -0.4 is 10.5 Å². The van der Waals surface area contributed by atoms with Gasteiger partial charge in [0.25, 0.3) is 5.88 Å². The summed E-state index contributed by atoms with van der Waals surface area (Å²) in [5.74, 6) is 0.673. The average molecular weight is 426 g/mol. The lowest BCUT2D eigenvalue weighted by molar-refractivity contribution is -0.919. The topological polar surface area (TPSA) is 87.3 Å². The van der Waals surface area contributed by atoms with Crippen LogP contribution in [0.1, 0.15) is 65.0 Å². The highest BCUT2D eigenvalue weighted by atomic mass is 32.1. The Morgan fingerprint density at radius 3 is 2.83 bits per heavy atom. The van der Waals surface area contributed by atoms with Crippen LogP contribution in [-0.2, 0) is 9.53 Å². The number of hydrogen-bond donors (Lipinski definition) is 1. The molecule has 0 amide bonds. The van der Waals surface area contributed by atoms with Crippen LogP contribution in [0.5, 0.6) is 5.88 Å². The minimum absolute atomic E-state index is 0.312. The summed E-state index contributed by atoms with van der Waals surface area (Å²) in [4.78, 5) is 12.2. The third kappa shape index (κ3) is 7.68. The molecule has 0 saturated heterocycles. The van der Waals surface area contributed by atoms with E-state index in [4.69, 9.17) is 15.2 Å². The lowest BCUT2D eigenvalue weighted by atomic mass is 10.0. The molecule has 7 nitrogen and oxygen atoms in total. The number of carbonyl (C=O) groups is 1. The van der Waals surface area contributed by atoms with E-state index in [1.807, 2.05) is 13.8 Å². The van der Waals surface area contributed by atoms with Crippen molar-refractivity contribution in [3.8, 4) is 5.88 Å². The summed E-state index contributed by atoms with van der Waals surface area (Å²) in [6.45, 7) is 8.91. The van der Waals surface area contributed by atoms with Crippen molar-refractivity contribution in [2.75, 3.05) is 33.5 Å². The SMILES string of the molecule is CCCCCCOc1nsnc1C1=CCC[N+](C)(COC(=O)[C@@H](N)CC(C)C)C1. The van der Waals surface area contributed by atoms with Crippen molar-refractivity contribution in [3.05, 3.63) is 11.8 Å². The first-order valence-electron chi connectivity index (χ1n) is 10.7. The molecule has 0 spiro atoms. The number of quaternary nitrogens is 1. The molecule has 2 rings (SSSR count). The third-order valence-corrected chi connectivity index (χ3v) is 5.67. The molecule has 1 aliphatic heterocycles. The first-order valence-corrected chi connectivity index (χ1v) is 11.5. The van der Waals surface area contributed by atoms with Gasteiger partial charge in [0.05, 0.1) is 31.9 Å². The van der Waals surface area contributed by atoms with Crippen LogP contribution in [0.4, 0.5) is 0 Å². The predicted octanol–water partition coefficient (Wildman–Crippen LogP) is 3.61. The van der Waals surface area contributed by atoms with E-state index in [0.29, 0.717) is 36.0 Å². The highest BCUT2D eigenvalue weighted by Gasteiger charge is 2.31. The van der Waals surface area contributed by atoms with Gasteiger partial charge >= 0.3 is 5.97 Å². The summed E-state index contributed by atoms with van der Waals surface area (Å²) in [7, 11) is 2.10. The highest BCUT2D eigenvalue weighted by Crippen LogP contribution is 2.30. The summed E-state index contributed by atoms with van der Waals surface area (Å²) in [5, 5.41) is 0. The van der Waals surface area contributed by atoms with E-state index in [1.165, 1.54) is 31.0 Å². The number of nitrogens with two attached hydrogens (primary N) is 1. The second kappa shape index (κ2) is 11.6. The Kier molecular flexibility index (Phi) is 9.52. The molecule has 1 aromatic rings. The largest absolute Gasteiger partial charge is 0.475 e. The third-order valence-electron chi connectivity index (χ3n) is 5.16. The monoisotopic (exact) mass is 425 g/mol. The van der Waals surface area contributed by atoms with E-state index in [0.717, 1.165) is 37.2 Å². The van der Waals surface area contributed by atoms with Gasteiger partial charge in [-0.3, -0.25) is 9.28 Å². The lowest BCUT2D eigenvalue weighted by Crippen LogP contribution is -2.50. The molecule has 0 saturated carbocycles. The van der Waals surface area contributed by atoms with Crippen LogP contribution in [-0.4, -0.2) is 58.7 Å². The number of likely N-dealkylation sites (N-methyl/N-ethyl adjacent to an activating group) is 1. The molecule has 1 aromatic heterocycles. The summed E-state index contributed by atoms with van der Waals surface area (Å²) in [5.41, 5.74) is 7.89. The van der Waals surface area contributed by atoms with Gasteiger partial charge in [-0.1, -0.05) is 46.1 Å². The van der Waals surface area contributed by atoms with Crippen molar-refractivity contribution in [2.24, 2.45) is 11.7 Å². The van der Waals surface area contributed by atoms with E-state index in [9.17, 15) is 4.79 Å². The first kappa shape index (κ1) is 23.8. The van der Waals surface area contributed by atoms with Gasteiger partial charge in [-0.05, 0) is 18.8 Å². The molecule has 29 heavy (non-hydrogen) atoms. The van der Waals surface area contributed by atoms with Crippen molar-refractivity contribution >= 4 is 23.3 Å². The second-order valence-corrected chi connectivity index (χ2v) is 9.20. The van der Waals surface area contributed by atoms with Gasteiger partial charge in [-0.25, -0.2) is 0 Å². The van der Waals surface area contributed by atoms with Crippen LogP contribution in [0, 0.1) is 5.92 Å². The number of esters is 1. The minimum Gasteiger partial charge on any atom is -0.475 e. The number of aromatic nitrogens is 2. The Hall–Kier alpha value is -1.51. The fraction of sp³-hybridized carbons (Fsp3) is 0.762. The molecule has 0 fully saturated rings. The van der Waals surface area contributed by atoms with Gasteiger partial charge in [-0.2, -0.15) is 4.37 Å². The number of nitrogens with zero attached hydrogens (tertiary/aromatic N) is 3. The zero-order chi connectivity index (χ0) is 21.3. The number of ether oxygens (including phenoxy) is 2. The van der Waals surface area contributed by atoms with Gasteiger partial charge < -0.3 is 15.2 Å². The number of rotatable bonds is 12. The molecule has 8 heteroatoms. The maximum atomic E-state index is 12.2. The molecule has 0 bridgehead atoms. The molecular weight excluding hydrogens is 388 g/mol. The molecule has 2 N–H and O–H groups in total. The van der Waals surface area contributed by atoms with Crippen LogP contribution in [0.3, 0.4) is 0 Å². The molecule has 1 aliphatic rings. The Balaban J connectivity index is 1.90. The Bertz CT molecular complexity index is 677. The molecule has 2 heterocycles. The van der Waals surface area contributed by atoms with E-state index < -0.39 is 6.04 Å². The zero-order valence-corrected chi connectivity index (χ0v) is 19.2. The van der Waals surface area contributed by atoms with Crippen LogP contribution in [0.25, 0.3) is 5.57 Å². The van der Waals surface area contributed by atoms with Crippen molar-refractivity contribution in [1.82, 2.24) is 8.75 Å². The normalized spacial score (nSPS) is 20.4. The van der Waals surface area contributed by atoms with E-state index in [-0.39, 0.29) is 5.97 Å². The van der Waals surface area contributed by atoms with Gasteiger partial charge in [0, 0.05) is 12.0 Å². The summed E-state index contributed by atoms with van der Waals surface area (Å²) in [6, 6.07) is -0.558. The molecule has 164 valence electrons. The van der Waals surface area contributed by atoms with Crippen molar-refractivity contribution < 1.29 is 18.8 Å². The van der Waals surface area contributed by atoms with E-state index >= 15 is 0 Å². The molecule has 2 atom stereocenters. The Morgan fingerprint density at radius 2 is 2.10 bits per heavy atom. The number of unbranched alkanes of at least 4 members (excludes halogenated alkanes) is 3. The second-order valence-electron chi connectivity index (χ2n) is 8.67. The van der Waals surface area contributed by atoms with Crippen LogP contribution >= 0.6 is 11.7 Å². The van der Waals surface area contributed by atoms with Crippen molar-refractivity contribution in [1.29, 1.82) is 0 Å². The lowest BCUT2D eigenvalue weighted by Gasteiger charge is -2.36. The van der Waals surface area contributed by atoms with Gasteiger partial charge in [-0.15, -0.1) is 4.37 Å². The summed E-state index contributed by atoms with van der Waals surface area (Å²) < 4.78 is 20.9. The molecule has 0 aromatic carbocycles. The van der Waals surface area contributed by atoms with Gasteiger partial charge in [0.1, 0.15) is 18.3 Å². The maximum Gasteiger partial charge on any atom is 0.327 e. The van der Waals surface area contributed by atoms with E-state index in [1.54, 1.807) is 0 Å². The fourth-order valence-corrected chi connectivity index (χ4v) is 4.02. The fourth-order valence-electron chi connectivity index (χ4n) is 3.49. The Morgan fingerprint density at radius 1 is 1.31 bits per heavy atom. The minimum atomic E-state index is -0.558. The van der Waals surface area contributed by atoms with Crippen molar-refractivity contribution in [3.63, 3.8) is 0 Å². The Labute approximate surface area is 179 Å². The van der Waals surface area contributed by atoms with Gasteiger partial charge in [0.2, 0.25) is 6.73 Å². The van der Waals surface area contributed by atoms with Crippen molar-refractivity contribution in [2.45, 2.75) is 65.3 Å². The molecular formula is C21H37N4O3S+. The smallest absolute Gasteiger partial charge is 0.327 e. The quantitative estimate of drug-likeness (QED) is 0.313. The summed E-state index contributed by atoms with van der Waals surface area (Å²) in [6.07, 6.45) is 8.38. The van der Waals surface area contributed by atoms with E-state index in [2.05, 4.69) is 28.8 Å². The highest BCUT2D eigenvalue weighted by molar-refractivity contribution is 6.99. The maximum absolute atomic E-state index is 12.2. The molecule has 0 aliphatic carbocycles. The number of hydrogen-bond acceptors (Lipinski definition) is 7. The zero-order valence-electron chi connectivity index (χ0n) is 18.4. The molecule has 1 unspecified atom stereocenters. The average Bonchev–Trinajstić information content (AvgIpc) is 3.14. The predicted molar refractivity (Wildman–Crippen MR) is 116 cm³/mol. The van der Waals surface area contributed by atoms with Gasteiger partial charge in [0.15, 0.2) is 0 Å².